The van der Waals surface area contributed by atoms with Crippen LogP contribution >= 0.6 is 0 Å². The Kier molecular flexibility index (Phi) is 24.5. The molecule has 0 radical (unpaired) electrons. The van der Waals surface area contributed by atoms with Crippen LogP contribution in [-0.4, -0.2) is 81.8 Å². The molecule has 3 rings (SSSR count). The lowest BCUT2D eigenvalue weighted by Gasteiger charge is -2.43. The van der Waals surface area contributed by atoms with E-state index in [0.29, 0.717) is 18.3 Å². The van der Waals surface area contributed by atoms with Gasteiger partial charge in [0, 0.05) is 22.9 Å². The molecular weight excluding hydrogens is 737 g/mol. The normalized spacial score (nSPS) is 22.4. The second-order valence-electron chi connectivity index (χ2n) is 19.8. The van der Waals surface area contributed by atoms with Gasteiger partial charge in [-0.05, 0) is 109 Å². The van der Waals surface area contributed by atoms with Crippen molar-refractivity contribution in [1.82, 2.24) is 20.5 Å². The predicted octanol–water partition coefficient (Wildman–Crippen LogP) is 13.4. The van der Waals surface area contributed by atoms with Crippen molar-refractivity contribution in [3.05, 3.63) is 23.3 Å². The van der Waals surface area contributed by atoms with E-state index in [1.54, 1.807) is 5.06 Å². The van der Waals surface area contributed by atoms with E-state index in [-0.39, 0.29) is 34.3 Å². The second kappa shape index (κ2) is 24.3. The number of rotatable bonds is 14. The zero-order chi connectivity index (χ0) is 47.2. The maximum atomic E-state index is 12.9. The molecule has 3 heterocycles. The minimum atomic E-state index is -0.531. The summed E-state index contributed by atoms with van der Waals surface area (Å²) < 4.78 is 0. The fourth-order valence-electron chi connectivity index (χ4n) is 9.51. The van der Waals surface area contributed by atoms with Gasteiger partial charge >= 0.3 is 0 Å². The number of hydrogen-bond donors (Lipinski definition) is 4. The largest absolute Gasteiger partial charge is 0.351 e. The fraction of sp³-hybridized carbons (Fsp3) is 0.880. The molecule has 1 amide bonds. The third-order valence-electron chi connectivity index (χ3n) is 13.6. The minimum absolute atomic E-state index is 0.00579. The molecule has 0 spiro atoms. The van der Waals surface area contributed by atoms with E-state index in [1.807, 2.05) is 96.1 Å². The number of nitrogens with one attached hydrogen (secondary N) is 1. The van der Waals surface area contributed by atoms with E-state index in [2.05, 4.69) is 80.6 Å². The first-order valence-electron chi connectivity index (χ1n) is 23.9. The van der Waals surface area contributed by atoms with Crippen LogP contribution in [0, 0.1) is 17.3 Å². The monoisotopic (exact) mass is 837 g/mol. The Bertz CT molecular complexity index is 1310. The molecule has 9 nitrogen and oxygen atoms in total. The summed E-state index contributed by atoms with van der Waals surface area (Å²) in [5.41, 5.74) is -0.0737. The van der Waals surface area contributed by atoms with Crippen molar-refractivity contribution >= 4 is 11.7 Å². The summed E-state index contributed by atoms with van der Waals surface area (Å²) in [5.74, 6) is 1.23. The van der Waals surface area contributed by atoms with Crippen LogP contribution in [0.25, 0.3) is 0 Å². The Morgan fingerprint density at radius 2 is 1.05 bits per heavy atom. The predicted molar refractivity (Wildman–Crippen MR) is 251 cm³/mol. The Morgan fingerprint density at radius 3 is 1.36 bits per heavy atom. The van der Waals surface area contributed by atoms with E-state index < -0.39 is 22.0 Å². The number of amides is 1. The summed E-state index contributed by atoms with van der Waals surface area (Å²) in [6, 6.07) is -0.00579. The van der Waals surface area contributed by atoms with Gasteiger partial charge in [-0.25, -0.2) is 0 Å². The van der Waals surface area contributed by atoms with Crippen LogP contribution in [0.4, 0.5) is 0 Å². The number of ketones is 1. The molecule has 0 aromatic carbocycles. The van der Waals surface area contributed by atoms with Crippen LogP contribution < -0.4 is 5.32 Å². The van der Waals surface area contributed by atoms with E-state index >= 15 is 0 Å². The van der Waals surface area contributed by atoms with Crippen molar-refractivity contribution in [1.29, 1.82) is 0 Å². The van der Waals surface area contributed by atoms with Gasteiger partial charge in [0.15, 0.2) is 5.78 Å². The van der Waals surface area contributed by atoms with Gasteiger partial charge in [-0.1, -0.05) is 144 Å². The van der Waals surface area contributed by atoms with Crippen molar-refractivity contribution in [2.24, 2.45) is 17.3 Å². The highest BCUT2D eigenvalue weighted by Gasteiger charge is 2.55. The van der Waals surface area contributed by atoms with Crippen LogP contribution in [0.1, 0.15) is 230 Å². The molecule has 9 heteroatoms. The molecule has 350 valence electrons. The smallest absolute Gasteiger partial charge is 0.220 e. The molecule has 0 aromatic rings. The quantitative estimate of drug-likeness (QED) is 0.128. The zero-order valence-electron chi connectivity index (χ0n) is 43.2. The molecule has 3 aliphatic heterocycles. The van der Waals surface area contributed by atoms with Crippen molar-refractivity contribution in [2.45, 2.75) is 269 Å². The minimum Gasteiger partial charge on any atom is -0.351 e. The third-order valence-corrected chi connectivity index (χ3v) is 13.6. The summed E-state index contributed by atoms with van der Waals surface area (Å²) in [6.07, 6.45) is 13.9. The van der Waals surface area contributed by atoms with E-state index in [0.717, 1.165) is 69.8 Å². The number of Topliss-reactive ketones (excluding diaryl/α,β-unsaturated/α-hetero) is 1. The van der Waals surface area contributed by atoms with Gasteiger partial charge < -0.3 is 20.9 Å². The first kappa shape index (κ1) is 59.5. The molecule has 1 unspecified atom stereocenters. The highest BCUT2D eigenvalue weighted by Crippen LogP contribution is 2.49. The molecule has 1 atom stereocenters. The van der Waals surface area contributed by atoms with Crippen molar-refractivity contribution in [2.75, 3.05) is 0 Å². The Hall–Kier alpha value is -1.62. The summed E-state index contributed by atoms with van der Waals surface area (Å²) >= 11 is 0. The summed E-state index contributed by atoms with van der Waals surface area (Å²) in [6.45, 7) is 47.3. The van der Waals surface area contributed by atoms with Gasteiger partial charge in [0.05, 0.1) is 33.7 Å². The van der Waals surface area contributed by atoms with Crippen LogP contribution in [0.2, 0.25) is 0 Å². The van der Waals surface area contributed by atoms with Crippen LogP contribution in [-0.2, 0) is 9.59 Å². The zero-order valence-corrected chi connectivity index (χ0v) is 43.2. The summed E-state index contributed by atoms with van der Waals surface area (Å²) in [4.78, 5) is 24.7. The van der Waals surface area contributed by atoms with Crippen LogP contribution in [0.5, 0.6) is 0 Å². The SMILES string of the molecule is CC.CC.CC(C)CC(=O)NC1CC(C)(C)N(O)C1(C)C.CCC1(CC)C=C(C(=O)C(C)(C)C)C(CC)(CC)N1O.CCC1(CC)C=C(CC(C)C)C(CC)(CC)N1O. The Labute approximate surface area is 366 Å². The third kappa shape index (κ3) is 13.0. The van der Waals surface area contributed by atoms with Crippen LogP contribution in [0.3, 0.4) is 0 Å². The average molecular weight is 837 g/mol. The number of carbonyl (C=O) groups excluding carboxylic acids is 2. The van der Waals surface area contributed by atoms with Crippen molar-refractivity contribution in [3.8, 4) is 0 Å². The first-order valence-corrected chi connectivity index (χ1v) is 23.9. The molecule has 0 aliphatic carbocycles. The topological polar surface area (TPSA) is 117 Å². The van der Waals surface area contributed by atoms with Gasteiger partial charge in [-0.2, -0.15) is 15.2 Å². The highest BCUT2D eigenvalue weighted by atomic mass is 16.5. The van der Waals surface area contributed by atoms with Crippen molar-refractivity contribution in [3.63, 3.8) is 0 Å². The molecule has 1 saturated heterocycles. The lowest BCUT2D eigenvalue weighted by atomic mass is 9.76. The Morgan fingerprint density at radius 1 is 0.661 bits per heavy atom. The Balaban J connectivity index is 0. The first-order chi connectivity index (χ1) is 27.1. The summed E-state index contributed by atoms with van der Waals surface area (Å²) in [5, 5.41) is 39.4. The van der Waals surface area contributed by atoms with E-state index in [1.165, 1.54) is 15.7 Å². The van der Waals surface area contributed by atoms with Gasteiger partial charge in [0.25, 0.3) is 0 Å². The number of hydrogen-bond acceptors (Lipinski definition) is 8. The number of carbonyl (C=O) groups is 2. The van der Waals surface area contributed by atoms with E-state index in [9.17, 15) is 25.2 Å². The molecule has 59 heavy (non-hydrogen) atoms. The molecule has 0 saturated carbocycles. The highest BCUT2D eigenvalue weighted by molar-refractivity contribution is 6.02. The number of hydroxylamine groups is 6. The molecular formula is C50H100N4O5. The molecule has 4 N–H and O–H groups in total. The standard InChI is InChI=1S/C17H31NO2.C16H31NO.C13H26N2O2.2C2H6/c1-8-16(9-2)12-13(14(19)15(5,6)7)17(10-3,11-4)18(16)20;1-7-15(8-2)12-14(11-13(5)6)16(9-3,10-4)17(15)18;1-9(2)7-11(16)14-10-8-12(3,4)15(17)13(10,5)6;2*1-2/h12,20H,8-11H2,1-7H3;12-13,18H,7-11H2,1-6H3;9-10,17H,7-8H2,1-6H3,(H,14,16);2*1-2H3. The molecule has 1 fully saturated rings. The lowest BCUT2D eigenvalue weighted by Crippen LogP contribution is -2.54. The molecule has 0 aromatic heterocycles. The molecule has 3 aliphatic rings. The van der Waals surface area contributed by atoms with Crippen LogP contribution in [0.15, 0.2) is 23.3 Å². The maximum Gasteiger partial charge on any atom is 0.220 e. The van der Waals surface area contributed by atoms with Gasteiger partial charge in [-0.3, -0.25) is 9.59 Å². The second-order valence-corrected chi connectivity index (χ2v) is 19.8. The van der Waals surface area contributed by atoms with Gasteiger partial charge in [-0.15, -0.1) is 0 Å². The van der Waals surface area contributed by atoms with E-state index in [4.69, 9.17) is 0 Å². The van der Waals surface area contributed by atoms with Crippen molar-refractivity contribution < 1.29 is 25.2 Å². The average Bonchev–Trinajstić information content (AvgIpc) is 3.64. The maximum absolute atomic E-state index is 12.9. The summed E-state index contributed by atoms with van der Waals surface area (Å²) in [7, 11) is 0. The fourth-order valence-corrected chi connectivity index (χ4v) is 9.51. The lowest BCUT2D eigenvalue weighted by molar-refractivity contribution is -0.209. The van der Waals surface area contributed by atoms with Gasteiger partial charge in [0.2, 0.25) is 5.91 Å². The number of nitrogens with zero attached hydrogens (tertiary/aromatic N) is 3. The van der Waals surface area contributed by atoms with Gasteiger partial charge in [0.1, 0.15) is 0 Å². The molecule has 0 bridgehead atoms.